The molecular weight excluding hydrogens is 186 g/mol. The molecule has 0 bridgehead atoms. The van der Waals surface area contributed by atoms with Crippen molar-refractivity contribution in [2.45, 2.75) is 49.7 Å². The molecule has 0 radical (unpaired) electrons. The lowest BCUT2D eigenvalue weighted by atomic mass is 9.73. The summed E-state index contributed by atoms with van der Waals surface area (Å²) in [5.74, 6) is 0. The average Bonchev–Trinajstić information content (AvgIpc) is 1.99. The van der Waals surface area contributed by atoms with Crippen molar-refractivity contribution in [2.24, 2.45) is 0 Å². The third kappa shape index (κ3) is 1.39. The molecule has 0 aromatic heterocycles. The van der Waals surface area contributed by atoms with Gasteiger partial charge in [-0.2, -0.15) is 0 Å². The summed E-state index contributed by atoms with van der Waals surface area (Å²) < 4.78 is 6.27. The fourth-order valence-electron chi connectivity index (χ4n) is 2.75. The maximum absolute atomic E-state index is 6.27. The Morgan fingerprint density at radius 2 is 1.31 bits per heavy atom. The van der Waals surface area contributed by atoms with Gasteiger partial charge in [0.1, 0.15) is 0 Å². The van der Waals surface area contributed by atoms with Gasteiger partial charge in [0.05, 0.1) is 11.2 Å². The van der Waals surface area contributed by atoms with Crippen molar-refractivity contribution < 1.29 is 4.74 Å². The van der Waals surface area contributed by atoms with E-state index in [1.807, 2.05) is 0 Å². The topological polar surface area (TPSA) is 21.3 Å². The summed E-state index contributed by atoms with van der Waals surface area (Å²) in [5.41, 5.74) is 0.553. The van der Waals surface area contributed by atoms with E-state index >= 15 is 0 Å². The summed E-state index contributed by atoms with van der Waals surface area (Å²) in [5, 5.41) is 3.55. The van der Waals surface area contributed by atoms with Crippen LogP contribution in [0.1, 0.15) is 38.5 Å². The molecule has 1 N–H and O–H groups in total. The van der Waals surface area contributed by atoms with Gasteiger partial charge in [-0.1, -0.05) is 0 Å². The molecule has 2 saturated carbocycles. The van der Waals surface area contributed by atoms with E-state index in [0.717, 1.165) is 13.1 Å². The largest absolute Gasteiger partial charge is 0.366 e. The summed E-state index contributed by atoms with van der Waals surface area (Å²) in [6, 6.07) is 0. The Labute approximate surface area is 85.8 Å². The molecule has 3 heteroatoms. The van der Waals surface area contributed by atoms with E-state index in [4.69, 9.17) is 4.74 Å². The highest BCUT2D eigenvalue weighted by molar-refractivity contribution is 5.85. The number of nitrogens with one attached hydrogen (secondary N) is 1. The molecule has 0 aromatic carbocycles. The molecule has 3 aliphatic rings. The van der Waals surface area contributed by atoms with Gasteiger partial charge in [0.15, 0.2) is 0 Å². The van der Waals surface area contributed by atoms with Crippen LogP contribution in [0.15, 0.2) is 0 Å². The lowest BCUT2D eigenvalue weighted by molar-refractivity contribution is -0.236. The second kappa shape index (κ2) is 3.11. The zero-order chi connectivity index (χ0) is 8.07. The number of rotatable bonds is 0. The standard InChI is InChI=1S/C10H17NO.ClH/c1-3-9(4-1)7-11-8-10(12-9)5-2-6-10;/h11H,1-8H2;1H. The third-order valence-corrected chi connectivity index (χ3v) is 3.86. The van der Waals surface area contributed by atoms with Gasteiger partial charge in [0.2, 0.25) is 0 Å². The third-order valence-electron chi connectivity index (χ3n) is 3.86. The van der Waals surface area contributed by atoms with Crippen LogP contribution in [0.5, 0.6) is 0 Å². The van der Waals surface area contributed by atoms with E-state index in [1.165, 1.54) is 38.5 Å². The van der Waals surface area contributed by atoms with Crippen molar-refractivity contribution in [3.05, 3.63) is 0 Å². The van der Waals surface area contributed by atoms with Crippen molar-refractivity contribution in [2.75, 3.05) is 13.1 Å². The van der Waals surface area contributed by atoms with Crippen LogP contribution in [0.3, 0.4) is 0 Å². The van der Waals surface area contributed by atoms with Crippen LogP contribution in [0.4, 0.5) is 0 Å². The molecule has 2 nitrogen and oxygen atoms in total. The molecule has 1 saturated heterocycles. The second-order valence-electron chi connectivity index (χ2n) is 4.78. The molecule has 0 atom stereocenters. The molecule has 1 heterocycles. The van der Waals surface area contributed by atoms with E-state index in [1.54, 1.807) is 0 Å². The molecule has 0 amide bonds. The Morgan fingerprint density at radius 3 is 1.62 bits per heavy atom. The lowest BCUT2D eigenvalue weighted by Crippen LogP contribution is -2.65. The van der Waals surface area contributed by atoms with Crippen molar-refractivity contribution in [1.82, 2.24) is 5.32 Å². The number of ether oxygens (including phenoxy) is 1. The average molecular weight is 204 g/mol. The van der Waals surface area contributed by atoms with E-state index in [9.17, 15) is 0 Å². The first kappa shape index (κ1) is 9.75. The van der Waals surface area contributed by atoms with Crippen molar-refractivity contribution in [3.63, 3.8) is 0 Å². The van der Waals surface area contributed by atoms with E-state index in [0.29, 0.717) is 0 Å². The predicted molar refractivity (Wildman–Crippen MR) is 54.4 cm³/mol. The number of halogens is 1. The van der Waals surface area contributed by atoms with Crippen LogP contribution in [0.25, 0.3) is 0 Å². The Morgan fingerprint density at radius 1 is 0.846 bits per heavy atom. The predicted octanol–water partition coefficient (Wildman–Crippen LogP) is 1.87. The van der Waals surface area contributed by atoms with Gasteiger partial charge >= 0.3 is 0 Å². The number of hydrogen-bond donors (Lipinski definition) is 1. The molecule has 3 rings (SSSR count). The molecule has 2 spiro atoms. The molecule has 3 fully saturated rings. The summed E-state index contributed by atoms with van der Waals surface area (Å²) in [7, 11) is 0. The summed E-state index contributed by atoms with van der Waals surface area (Å²) in [4.78, 5) is 0. The lowest BCUT2D eigenvalue weighted by Gasteiger charge is -2.56. The van der Waals surface area contributed by atoms with Crippen molar-refractivity contribution in [1.29, 1.82) is 0 Å². The van der Waals surface area contributed by atoms with Gasteiger partial charge < -0.3 is 10.1 Å². The minimum absolute atomic E-state index is 0. The fourth-order valence-corrected chi connectivity index (χ4v) is 2.75. The molecule has 76 valence electrons. The SMILES string of the molecule is C1CC2(C1)CNCC1(CCC1)O2.Cl. The minimum Gasteiger partial charge on any atom is -0.366 e. The van der Waals surface area contributed by atoms with E-state index in [-0.39, 0.29) is 23.6 Å². The van der Waals surface area contributed by atoms with Crippen LogP contribution < -0.4 is 5.32 Å². The quantitative estimate of drug-likeness (QED) is 0.649. The Hall–Kier alpha value is 0.210. The van der Waals surface area contributed by atoms with Gasteiger partial charge in [0, 0.05) is 13.1 Å². The highest BCUT2D eigenvalue weighted by Crippen LogP contribution is 2.47. The minimum atomic E-state index is 0. The first-order valence-corrected chi connectivity index (χ1v) is 5.24. The first-order chi connectivity index (χ1) is 5.83. The van der Waals surface area contributed by atoms with Crippen LogP contribution >= 0.6 is 12.4 Å². The van der Waals surface area contributed by atoms with E-state index < -0.39 is 0 Å². The zero-order valence-electron chi connectivity index (χ0n) is 7.97. The fraction of sp³-hybridized carbons (Fsp3) is 1.00. The Balaban J connectivity index is 0.000000653. The van der Waals surface area contributed by atoms with Crippen LogP contribution in [0, 0.1) is 0 Å². The van der Waals surface area contributed by atoms with Crippen molar-refractivity contribution in [3.8, 4) is 0 Å². The van der Waals surface area contributed by atoms with Gasteiger partial charge in [-0.05, 0) is 38.5 Å². The Bertz CT molecular complexity index is 179. The summed E-state index contributed by atoms with van der Waals surface area (Å²) in [6.07, 6.45) is 7.92. The van der Waals surface area contributed by atoms with Gasteiger partial charge in [-0.25, -0.2) is 0 Å². The van der Waals surface area contributed by atoms with Gasteiger partial charge in [-0.15, -0.1) is 12.4 Å². The second-order valence-corrected chi connectivity index (χ2v) is 4.78. The van der Waals surface area contributed by atoms with Gasteiger partial charge in [-0.3, -0.25) is 0 Å². The first-order valence-electron chi connectivity index (χ1n) is 5.24. The molecule has 0 aromatic rings. The molecule has 2 aliphatic carbocycles. The summed E-state index contributed by atoms with van der Waals surface area (Å²) >= 11 is 0. The summed E-state index contributed by atoms with van der Waals surface area (Å²) in [6.45, 7) is 2.21. The van der Waals surface area contributed by atoms with Crippen LogP contribution in [0.2, 0.25) is 0 Å². The number of hydrogen-bond acceptors (Lipinski definition) is 2. The normalized spacial score (nSPS) is 33.2. The maximum Gasteiger partial charge on any atom is 0.0814 e. The highest BCUT2D eigenvalue weighted by atomic mass is 35.5. The van der Waals surface area contributed by atoms with Crippen LogP contribution in [-0.2, 0) is 4.74 Å². The monoisotopic (exact) mass is 203 g/mol. The Kier molecular flexibility index (Phi) is 2.33. The molecule has 13 heavy (non-hydrogen) atoms. The highest BCUT2D eigenvalue weighted by Gasteiger charge is 2.51. The molecular formula is C10H18ClNO. The van der Waals surface area contributed by atoms with Gasteiger partial charge in [0.25, 0.3) is 0 Å². The molecule has 0 unspecified atom stereocenters. The number of morpholine rings is 1. The zero-order valence-corrected chi connectivity index (χ0v) is 8.79. The smallest absolute Gasteiger partial charge is 0.0814 e. The molecule has 1 aliphatic heterocycles. The van der Waals surface area contributed by atoms with Crippen molar-refractivity contribution >= 4 is 12.4 Å². The van der Waals surface area contributed by atoms with E-state index in [2.05, 4.69) is 5.32 Å². The maximum atomic E-state index is 6.27. The van der Waals surface area contributed by atoms with Crippen LogP contribution in [-0.4, -0.2) is 24.3 Å².